The van der Waals surface area contributed by atoms with Crippen molar-refractivity contribution in [3.8, 4) is 0 Å². The normalized spacial score (nSPS) is 40.3. The van der Waals surface area contributed by atoms with Crippen molar-refractivity contribution >= 4 is 18.3 Å². The Morgan fingerprint density at radius 1 is 1.06 bits per heavy atom. The van der Waals surface area contributed by atoms with Gasteiger partial charge in [-0.3, -0.25) is 4.79 Å². The Hall–Kier alpha value is -0.280. The van der Waals surface area contributed by atoms with E-state index in [9.17, 15) is 4.79 Å². The van der Waals surface area contributed by atoms with Gasteiger partial charge in [-0.05, 0) is 50.4 Å². The quantitative estimate of drug-likeness (QED) is 0.794. The summed E-state index contributed by atoms with van der Waals surface area (Å²) in [5.74, 6) is 1.98. The topological polar surface area (TPSA) is 55.1 Å². The summed E-state index contributed by atoms with van der Waals surface area (Å²) in [5, 5.41) is 3.31. The summed E-state index contributed by atoms with van der Waals surface area (Å²) in [4.78, 5) is 11.8. The number of rotatable bonds is 2. The maximum absolute atomic E-state index is 11.8. The molecular weight excluding hydrogens is 236 g/mol. The summed E-state index contributed by atoms with van der Waals surface area (Å²) in [5.41, 5.74) is 6.08. The second kappa shape index (κ2) is 5.15. The highest BCUT2D eigenvalue weighted by atomic mass is 35.5. The number of hydrogen-bond donors (Lipinski definition) is 2. The summed E-state index contributed by atoms with van der Waals surface area (Å²) in [6, 6.07) is 0.825. The number of nitrogens with two attached hydrogens (primary N) is 1. The molecule has 0 aromatic carbocycles. The molecule has 2 bridgehead atoms. The highest BCUT2D eigenvalue weighted by Crippen LogP contribution is 2.40. The first-order valence-electron chi connectivity index (χ1n) is 6.80. The Kier molecular flexibility index (Phi) is 3.99. The second-order valence-corrected chi connectivity index (χ2v) is 5.99. The highest BCUT2D eigenvalue weighted by Gasteiger charge is 2.41. The van der Waals surface area contributed by atoms with Crippen molar-refractivity contribution in [3.63, 3.8) is 0 Å². The number of carbonyl (C=O) groups excluding carboxylic acids is 1. The van der Waals surface area contributed by atoms with Crippen LogP contribution in [0.3, 0.4) is 0 Å². The summed E-state index contributed by atoms with van der Waals surface area (Å²) >= 11 is 0. The van der Waals surface area contributed by atoms with Gasteiger partial charge in [0.05, 0.1) is 0 Å². The number of carbonyl (C=O) groups is 1. The maximum Gasteiger partial charge on any atom is 0.223 e. The fraction of sp³-hybridized carbons (Fsp3) is 0.923. The van der Waals surface area contributed by atoms with Crippen LogP contribution >= 0.6 is 12.4 Å². The lowest BCUT2D eigenvalue weighted by molar-refractivity contribution is -0.124. The van der Waals surface area contributed by atoms with E-state index in [2.05, 4.69) is 5.32 Å². The summed E-state index contributed by atoms with van der Waals surface area (Å²) in [7, 11) is 0. The molecule has 0 aromatic rings. The molecule has 3 fully saturated rings. The zero-order chi connectivity index (χ0) is 11.1. The van der Waals surface area contributed by atoms with E-state index in [0.717, 1.165) is 25.7 Å². The first kappa shape index (κ1) is 13.2. The van der Waals surface area contributed by atoms with Crippen LogP contribution < -0.4 is 11.1 Å². The van der Waals surface area contributed by atoms with Gasteiger partial charge in [-0.1, -0.05) is 6.42 Å². The Morgan fingerprint density at radius 2 is 1.65 bits per heavy atom. The van der Waals surface area contributed by atoms with E-state index in [-0.39, 0.29) is 12.4 Å². The SMILES string of the molecule is Cl.NC1CC2CCCC(C1)C2NC(=O)C1CC1. The molecule has 0 radical (unpaired) electrons. The van der Waals surface area contributed by atoms with Crippen molar-refractivity contribution in [3.05, 3.63) is 0 Å². The van der Waals surface area contributed by atoms with E-state index in [1.165, 1.54) is 19.3 Å². The lowest BCUT2D eigenvalue weighted by atomic mass is 9.67. The van der Waals surface area contributed by atoms with Crippen molar-refractivity contribution in [2.45, 2.75) is 57.0 Å². The van der Waals surface area contributed by atoms with E-state index < -0.39 is 0 Å². The third-order valence-electron chi connectivity index (χ3n) is 4.63. The molecule has 3 aliphatic carbocycles. The van der Waals surface area contributed by atoms with E-state index >= 15 is 0 Å². The summed E-state index contributed by atoms with van der Waals surface area (Å²) in [6.45, 7) is 0. The number of hydrogen-bond acceptors (Lipinski definition) is 2. The molecule has 2 atom stereocenters. The molecule has 1 amide bonds. The van der Waals surface area contributed by atoms with Crippen molar-refractivity contribution in [1.29, 1.82) is 0 Å². The molecular formula is C13H23ClN2O. The van der Waals surface area contributed by atoms with Gasteiger partial charge in [0.15, 0.2) is 0 Å². The van der Waals surface area contributed by atoms with Crippen LogP contribution in [0.25, 0.3) is 0 Å². The van der Waals surface area contributed by atoms with Crippen molar-refractivity contribution < 1.29 is 4.79 Å². The molecule has 0 heterocycles. The number of fused-ring (bicyclic) bond motifs is 2. The molecule has 98 valence electrons. The van der Waals surface area contributed by atoms with Gasteiger partial charge in [0.25, 0.3) is 0 Å². The molecule has 0 spiro atoms. The largest absolute Gasteiger partial charge is 0.353 e. The Bertz CT molecular complexity index is 279. The smallest absolute Gasteiger partial charge is 0.223 e. The van der Waals surface area contributed by atoms with Crippen LogP contribution in [0.1, 0.15) is 44.9 Å². The van der Waals surface area contributed by atoms with Crippen LogP contribution in [0.15, 0.2) is 0 Å². The number of halogens is 1. The second-order valence-electron chi connectivity index (χ2n) is 5.99. The van der Waals surface area contributed by atoms with Crippen LogP contribution in [0.4, 0.5) is 0 Å². The molecule has 3 aliphatic rings. The molecule has 3 rings (SSSR count). The third-order valence-corrected chi connectivity index (χ3v) is 4.63. The lowest BCUT2D eigenvalue weighted by Gasteiger charge is -2.45. The van der Waals surface area contributed by atoms with Crippen molar-refractivity contribution in [2.24, 2.45) is 23.5 Å². The molecule has 0 aliphatic heterocycles. The molecule has 17 heavy (non-hydrogen) atoms. The fourth-order valence-electron chi connectivity index (χ4n) is 3.65. The van der Waals surface area contributed by atoms with Gasteiger partial charge in [0, 0.05) is 18.0 Å². The Labute approximate surface area is 109 Å². The number of nitrogens with one attached hydrogen (secondary N) is 1. The molecule has 3 N–H and O–H groups in total. The minimum absolute atomic E-state index is 0. The maximum atomic E-state index is 11.8. The predicted octanol–water partition coefficient (Wildman–Crippen LogP) is 1.84. The lowest BCUT2D eigenvalue weighted by Crippen LogP contribution is -2.54. The monoisotopic (exact) mass is 258 g/mol. The van der Waals surface area contributed by atoms with Crippen LogP contribution in [-0.4, -0.2) is 18.0 Å². The zero-order valence-electron chi connectivity index (χ0n) is 10.2. The Morgan fingerprint density at radius 3 is 2.18 bits per heavy atom. The van der Waals surface area contributed by atoms with Gasteiger partial charge in [-0.25, -0.2) is 0 Å². The van der Waals surface area contributed by atoms with Crippen LogP contribution in [-0.2, 0) is 4.79 Å². The minimum Gasteiger partial charge on any atom is -0.353 e. The first-order chi connectivity index (χ1) is 7.74. The van der Waals surface area contributed by atoms with Gasteiger partial charge in [-0.2, -0.15) is 0 Å². The molecule has 0 saturated heterocycles. The van der Waals surface area contributed by atoms with Crippen LogP contribution in [0.5, 0.6) is 0 Å². The summed E-state index contributed by atoms with van der Waals surface area (Å²) < 4.78 is 0. The van der Waals surface area contributed by atoms with E-state index in [1.54, 1.807) is 0 Å². The van der Waals surface area contributed by atoms with Gasteiger partial charge in [-0.15, -0.1) is 12.4 Å². The average molecular weight is 259 g/mol. The zero-order valence-corrected chi connectivity index (χ0v) is 11.0. The minimum atomic E-state index is 0. The van der Waals surface area contributed by atoms with E-state index in [0.29, 0.717) is 35.7 Å². The van der Waals surface area contributed by atoms with E-state index in [1.807, 2.05) is 0 Å². The van der Waals surface area contributed by atoms with Gasteiger partial charge >= 0.3 is 0 Å². The molecule has 0 aromatic heterocycles. The predicted molar refractivity (Wildman–Crippen MR) is 69.9 cm³/mol. The standard InChI is InChI=1S/C13H22N2O.ClH/c14-11-6-9-2-1-3-10(7-11)12(9)15-13(16)8-4-5-8;/h8-12H,1-7,14H2,(H,15,16);1H. The van der Waals surface area contributed by atoms with Crippen molar-refractivity contribution in [2.75, 3.05) is 0 Å². The van der Waals surface area contributed by atoms with E-state index in [4.69, 9.17) is 5.73 Å². The highest BCUT2D eigenvalue weighted by molar-refractivity contribution is 5.85. The van der Waals surface area contributed by atoms with Gasteiger partial charge < -0.3 is 11.1 Å². The van der Waals surface area contributed by atoms with Crippen LogP contribution in [0.2, 0.25) is 0 Å². The average Bonchev–Trinajstić information content (AvgIpc) is 3.02. The number of amides is 1. The van der Waals surface area contributed by atoms with Gasteiger partial charge in [0.2, 0.25) is 5.91 Å². The molecule has 3 saturated carbocycles. The van der Waals surface area contributed by atoms with Gasteiger partial charge in [0.1, 0.15) is 0 Å². The molecule has 4 heteroatoms. The van der Waals surface area contributed by atoms with Crippen LogP contribution in [0, 0.1) is 17.8 Å². The summed E-state index contributed by atoms with van der Waals surface area (Å²) in [6.07, 6.45) is 8.30. The fourth-order valence-corrected chi connectivity index (χ4v) is 3.65. The molecule has 2 unspecified atom stereocenters. The van der Waals surface area contributed by atoms with Crippen molar-refractivity contribution in [1.82, 2.24) is 5.32 Å². The third kappa shape index (κ3) is 2.76. The molecule has 3 nitrogen and oxygen atoms in total. The first-order valence-corrected chi connectivity index (χ1v) is 6.80. The Balaban J connectivity index is 0.00000108.